The molecule has 3 rings (SSSR count). The molecule has 9 heteroatoms. The zero-order chi connectivity index (χ0) is 12.5. The van der Waals surface area contributed by atoms with Gasteiger partial charge in [0.2, 0.25) is 5.88 Å². The van der Waals surface area contributed by atoms with Crippen molar-refractivity contribution in [2.45, 2.75) is 0 Å². The molecule has 0 saturated carbocycles. The van der Waals surface area contributed by atoms with Crippen LogP contribution in [-0.2, 0) is 0 Å². The van der Waals surface area contributed by atoms with Gasteiger partial charge in [0, 0.05) is 17.5 Å². The van der Waals surface area contributed by atoms with Gasteiger partial charge in [-0.05, 0) is 16.5 Å². The van der Waals surface area contributed by atoms with Crippen LogP contribution < -0.4 is 4.74 Å². The second kappa shape index (κ2) is 4.04. The Balaban J connectivity index is 1.88. The minimum Gasteiger partial charge on any atom is -0.477 e. The van der Waals surface area contributed by atoms with Crippen LogP contribution in [0.15, 0.2) is 23.6 Å². The first kappa shape index (κ1) is 10.6. The van der Waals surface area contributed by atoms with Crippen molar-refractivity contribution >= 4 is 23.0 Å². The molecule has 18 heavy (non-hydrogen) atoms. The highest BCUT2D eigenvalue weighted by atomic mass is 32.1. The first-order valence-corrected chi connectivity index (χ1v) is 5.65. The van der Waals surface area contributed by atoms with E-state index in [-0.39, 0.29) is 10.8 Å². The van der Waals surface area contributed by atoms with Crippen molar-refractivity contribution in [3.8, 4) is 11.6 Å². The third-order valence-corrected chi connectivity index (χ3v) is 2.95. The maximum absolute atomic E-state index is 10.7. The number of carboxylic acids is 1. The van der Waals surface area contributed by atoms with Gasteiger partial charge in [0.25, 0.3) is 0 Å². The van der Waals surface area contributed by atoms with Gasteiger partial charge >= 0.3 is 5.97 Å². The van der Waals surface area contributed by atoms with E-state index in [2.05, 4.69) is 20.6 Å². The summed E-state index contributed by atoms with van der Waals surface area (Å²) in [6, 6.07) is 4.68. The predicted octanol–water partition coefficient (Wildman–Crippen LogP) is 1.07. The molecule has 3 heterocycles. The molecule has 3 aromatic rings. The zero-order valence-corrected chi connectivity index (χ0v) is 9.53. The van der Waals surface area contributed by atoms with Crippen molar-refractivity contribution in [2.24, 2.45) is 0 Å². The first-order chi connectivity index (χ1) is 8.72. The first-order valence-electron chi connectivity index (χ1n) is 4.77. The van der Waals surface area contributed by atoms with Crippen molar-refractivity contribution < 1.29 is 14.6 Å². The number of fused-ring (bicyclic) bond motifs is 1. The Morgan fingerprint density at radius 1 is 1.44 bits per heavy atom. The number of carbonyl (C=O) groups is 1. The van der Waals surface area contributed by atoms with E-state index in [1.807, 2.05) is 0 Å². The lowest BCUT2D eigenvalue weighted by atomic mass is 10.4. The molecule has 0 spiro atoms. The van der Waals surface area contributed by atoms with Gasteiger partial charge in [-0.25, -0.2) is 4.79 Å². The van der Waals surface area contributed by atoms with Crippen LogP contribution in [0, 0.1) is 0 Å². The monoisotopic (exact) mass is 263 g/mol. The Labute approximate surface area is 103 Å². The topological polar surface area (TPSA) is 102 Å². The van der Waals surface area contributed by atoms with Crippen LogP contribution in [0.5, 0.6) is 11.6 Å². The minimum atomic E-state index is -0.987. The quantitative estimate of drug-likeness (QED) is 0.753. The van der Waals surface area contributed by atoms with Gasteiger partial charge < -0.3 is 9.84 Å². The van der Waals surface area contributed by atoms with Crippen LogP contribution in [0.25, 0.3) is 5.65 Å². The van der Waals surface area contributed by atoms with Crippen LogP contribution in [0.2, 0.25) is 0 Å². The standard InChI is InChI=1S/C9H5N5O3S/c15-9(16)6-3-5(4-18-6)17-8-2-1-7-10-12-13-14(7)11-8/h1-4H,(H,15,16). The van der Waals surface area contributed by atoms with E-state index in [1.165, 1.54) is 10.7 Å². The molecular weight excluding hydrogens is 258 g/mol. The molecule has 0 radical (unpaired) electrons. The van der Waals surface area contributed by atoms with E-state index in [0.717, 1.165) is 11.3 Å². The average molecular weight is 263 g/mol. The second-order valence-electron chi connectivity index (χ2n) is 3.25. The summed E-state index contributed by atoms with van der Waals surface area (Å²) in [5.41, 5.74) is 0.499. The number of ether oxygens (including phenoxy) is 1. The van der Waals surface area contributed by atoms with E-state index >= 15 is 0 Å². The van der Waals surface area contributed by atoms with Crippen LogP contribution in [0.1, 0.15) is 9.67 Å². The Hall–Kier alpha value is -2.55. The van der Waals surface area contributed by atoms with Crippen molar-refractivity contribution in [2.75, 3.05) is 0 Å². The fourth-order valence-corrected chi connectivity index (χ4v) is 1.94. The van der Waals surface area contributed by atoms with Gasteiger partial charge in [0.1, 0.15) is 10.6 Å². The molecule has 8 nitrogen and oxygen atoms in total. The second-order valence-corrected chi connectivity index (χ2v) is 4.16. The number of aromatic nitrogens is 5. The highest BCUT2D eigenvalue weighted by Gasteiger charge is 2.09. The van der Waals surface area contributed by atoms with Gasteiger partial charge in [-0.3, -0.25) is 0 Å². The molecule has 90 valence electrons. The Morgan fingerprint density at radius 3 is 3.11 bits per heavy atom. The molecular formula is C9H5N5O3S. The Bertz CT molecular complexity index is 722. The van der Waals surface area contributed by atoms with Gasteiger partial charge in [-0.1, -0.05) is 0 Å². The van der Waals surface area contributed by atoms with Crippen molar-refractivity contribution in [3.63, 3.8) is 0 Å². The number of hydrogen-bond donors (Lipinski definition) is 1. The maximum atomic E-state index is 10.7. The largest absolute Gasteiger partial charge is 0.477 e. The summed E-state index contributed by atoms with van der Waals surface area (Å²) in [6.07, 6.45) is 0. The Kier molecular flexibility index (Phi) is 2.38. The fourth-order valence-electron chi connectivity index (χ4n) is 1.29. The van der Waals surface area contributed by atoms with Crippen LogP contribution in [-0.4, -0.2) is 36.3 Å². The fraction of sp³-hybridized carbons (Fsp3) is 0. The molecule has 0 bridgehead atoms. The molecule has 0 atom stereocenters. The number of carboxylic acid groups (broad SMARTS) is 1. The molecule has 0 fully saturated rings. The van der Waals surface area contributed by atoms with Gasteiger partial charge in [0.05, 0.1) is 0 Å². The lowest BCUT2D eigenvalue weighted by molar-refractivity contribution is 0.0702. The number of hydrogen-bond acceptors (Lipinski definition) is 7. The lowest BCUT2D eigenvalue weighted by Crippen LogP contribution is -1.96. The molecule has 1 N–H and O–H groups in total. The van der Waals surface area contributed by atoms with Crippen molar-refractivity contribution in [1.82, 2.24) is 25.3 Å². The van der Waals surface area contributed by atoms with Crippen molar-refractivity contribution in [3.05, 3.63) is 28.5 Å². The number of thiophene rings is 1. The summed E-state index contributed by atoms with van der Waals surface area (Å²) in [4.78, 5) is 10.9. The highest BCUT2D eigenvalue weighted by molar-refractivity contribution is 7.12. The normalized spacial score (nSPS) is 10.7. The van der Waals surface area contributed by atoms with Gasteiger partial charge in [-0.15, -0.1) is 26.2 Å². The summed E-state index contributed by atoms with van der Waals surface area (Å²) in [5, 5.41) is 25.2. The third-order valence-electron chi connectivity index (χ3n) is 2.05. The molecule has 0 unspecified atom stereocenters. The summed E-state index contributed by atoms with van der Waals surface area (Å²) >= 11 is 1.08. The van der Waals surface area contributed by atoms with E-state index in [4.69, 9.17) is 9.84 Å². The summed E-state index contributed by atoms with van der Waals surface area (Å²) in [5.74, 6) is -0.291. The molecule has 0 aliphatic rings. The molecule has 0 aliphatic heterocycles. The maximum Gasteiger partial charge on any atom is 0.346 e. The number of rotatable bonds is 3. The Morgan fingerprint density at radius 2 is 2.33 bits per heavy atom. The molecule has 3 aromatic heterocycles. The zero-order valence-electron chi connectivity index (χ0n) is 8.72. The van der Waals surface area contributed by atoms with Crippen LogP contribution in [0.4, 0.5) is 0 Å². The van der Waals surface area contributed by atoms with Crippen LogP contribution in [0.3, 0.4) is 0 Å². The van der Waals surface area contributed by atoms with Gasteiger partial charge in [0.15, 0.2) is 5.65 Å². The number of nitrogens with zero attached hydrogens (tertiary/aromatic N) is 5. The third kappa shape index (κ3) is 1.86. The average Bonchev–Trinajstić information content (AvgIpc) is 2.96. The molecule has 0 saturated heterocycles. The van der Waals surface area contributed by atoms with E-state index in [0.29, 0.717) is 11.4 Å². The smallest absolute Gasteiger partial charge is 0.346 e. The van der Waals surface area contributed by atoms with E-state index in [9.17, 15) is 4.79 Å². The predicted molar refractivity (Wildman–Crippen MR) is 59.9 cm³/mol. The van der Waals surface area contributed by atoms with Crippen molar-refractivity contribution in [1.29, 1.82) is 0 Å². The SMILES string of the molecule is O=C(O)c1cc(Oc2ccc3nnnn3n2)cs1. The van der Waals surface area contributed by atoms with Gasteiger partial charge in [-0.2, -0.15) is 0 Å². The summed E-state index contributed by atoms with van der Waals surface area (Å²) < 4.78 is 6.63. The molecule has 0 aliphatic carbocycles. The van der Waals surface area contributed by atoms with E-state index < -0.39 is 5.97 Å². The highest BCUT2D eigenvalue weighted by Crippen LogP contribution is 2.25. The molecule has 0 amide bonds. The summed E-state index contributed by atoms with van der Waals surface area (Å²) in [7, 11) is 0. The lowest BCUT2D eigenvalue weighted by Gasteiger charge is -2.00. The summed E-state index contributed by atoms with van der Waals surface area (Å²) in [6.45, 7) is 0. The number of tetrazole rings is 1. The van der Waals surface area contributed by atoms with Crippen LogP contribution >= 0.6 is 11.3 Å². The van der Waals surface area contributed by atoms with E-state index in [1.54, 1.807) is 17.5 Å². The minimum absolute atomic E-state index is 0.202. The molecule has 0 aromatic carbocycles. The number of aromatic carboxylic acids is 1.